The van der Waals surface area contributed by atoms with E-state index in [1.165, 1.54) is 26.0 Å². The average molecular weight is 288 g/mol. The predicted molar refractivity (Wildman–Crippen MR) is 61.0 cm³/mol. The monoisotopic (exact) mass is 287 g/mol. The summed E-state index contributed by atoms with van der Waals surface area (Å²) >= 11 is 3.20. The minimum atomic E-state index is -3.60. The summed E-state index contributed by atoms with van der Waals surface area (Å²) < 4.78 is 23.3. The number of hydrogen-bond donors (Lipinski definition) is 0. The lowest BCUT2D eigenvalue weighted by atomic mass is 10.2. The van der Waals surface area contributed by atoms with Crippen LogP contribution in [0.2, 0.25) is 0 Å². The number of nitrogens with zero attached hydrogens (tertiary/aromatic N) is 1. The van der Waals surface area contributed by atoms with Crippen LogP contribution < -0.4 is 0 Å². The van der Waals surface area contributed by atoms with Crippen LogP contribution in [0.15, 0.2) is 33.6 Å². The Balaban J connectivity index is 3.38. The fraction of sp³-hybridized carbons (Fsp3) is 0.300. The Morgan fingerprint density at radius 2 is 2.00 bits per heavy atom. The molecule has 15 heavy (non-hydrogen) atoms. The zero-order chi connectivity index (χ0) is 11.7. The first-order valence-electron chi connectivity index (χ1n) is 4.23. The molecule has 1 aromatic carbocycles. The van der Waals surface area contributed by atoms with Gasteiger partial charge in [-0.05, 0) is 32.0 Å². The van der Waals surface area contributed by atoms with E-state index in [1.807, 2.05) is 0 Å². The van der Waals surface area contributed by atoms with Crippen LogP contribution in [-0.4, -0.2) is 13.2 Å². The smallest absolute Gasteiger partial charge is 0.196 e. The van der Waals surface area contributed by atoms with Crippen molar-refractivity contribution >= 4 is 25.8 Å². The van der Waals surface area contributed by atoms with E-state index in [0.29, 0.717) is 4.47 Å². The van der Waals surface area contributed by atoms with E-state index in [1.54, 1.807) is 18.2 Å². The third-order valence-electron chi connectivity index (χ3n) is 2.05. The molecule has 0 heterocycles. The summed E-state index contributed by atoms with van der Waals surface area (Å²) in [5.41, 5.74) is 0. The molecular formula is C10H10BrNO2S. The number of rotatable bonds is 2. The standard InChI is InChI=1S/C10H10BrNO2S/c1-10(2,7-12)15(13,14)9-5-3-4-8(11)6-9/h3-6H,1-2H3. The molecule has 0 aliphatic rings. The van der Waals surface area contributed by atoms with Crippen LogP contribution in [0.4, 0.5) is 0 Å². The Labute approximate surface area is 97.8 Å². The van der Waals surface area contributed by atoms with Crippen LogP contribution in [0.3, 0.4) is 0 Å². The lowest BCUT2D eigenvalue weighted by Gasteiger charge is -2.16. The van der Waals surface area contributed by atoms with Crippen molar-refractivity contribution in [1.82, 2.24) is 0 Å². The van der Waals surface area contributed by atoms with Crippen LogP contribution >= 0.6 is 15.9 Å². The quantitative estimate of drug-likeness (QED) is 0.840. The topological polar surface area (TPSA) is 57.9 Å². The number of benzene rings is 1. The maximum absolute atomic E-state index is 12.0. The Morgan fingerprint density at radius 1 is 1.40 bits per heavy atom. The molecule has 0 saturated heterocycles. The van der Waals surface area contributed by atoms with Crippen LogP contribution in [0.5, 0.6) is 0 Å². The minimum absolute atomic E-state index is 0.156. The second-order valence-corrected chi connectivity index (χ2v) is 7.00. The molecule has 0 atom stereocenters. The fourth-order valence-corrected chi connectivity index (χ4v) is 2.79. The minimum Gasteiger partial charge on any atom is -0.222 e. The second-order valence-electron chi connectivity index (χ2n) is 3.58. The molecule has 0 aromatic heterocycles. The largest absolute Gasteiger partial charge is 0.222 e. The molecule has 0 amide bonds. The van der Waals surface area contributed by atoms with Gasteiger partial charge in [-0.15, -0.1) is 0 Å². The summed E-state index contributed by atoms with van der Waals surface area (Å²) in [4.78, 5) is 0.156. The van der Waals surface area contributed by atoms with Gasteiger partial charge in [0.2, 0.25) is 0 Å². The zero-order valence-corrected chi connectivity index (χ0v) is 10.8. The summed E-state index contributed by atoms with van der Waals surface area (Å²) in [6, 6.07) is 8.14. The Hall–Kier alpha value is -0.860. The lowest BCUT2D eigenvalue weighted by Crippen LogP contribution is -2.29. The van der Waals surface area contributed by atoms with Gasteiger partial charge in [0.1, 0.15) is 0 Å². The summed E-state index contributed by atoms with van der Waals surface area (Å²) in [5, 5.41) is 8.82. The molecule has 0 spiro atoms. The molecule has 0 aliphatic carbocycles. The molecular weight excluding hydrogens is 278 g/mol. The molecule has 0 N–H and O–H groups in total. The number of sulfone groups is 1. The first-order valence-corrected chi connectivity index (χ1v) is 6.50. The van der Waals surface area contributed by atoms with Crippen molar-refractivity contribution in [1.29, 1.82) is 5.26 Å². The van der Waals surface area contributed by atoms with Gasteiger partial charge in [0.05, 0.1) is 11.0 Å². The highest BCUT2D eigenvalue weighted by Gasteiger charge is 2.35. The molecule has 80 valence electrons. The van der Waals surface area contributed by atoms with Crippen LogP contribution in [-0.2, 0) is 9.84 Å². The maximum atomic E-state index is 12.0. The fourth-order valence-electron chi connectivity index (χ4n) is 0.989. The molecule has 0 unspecified atom stereocenters. The first kappa shape index (κ1) is 12.2. The van der Waals surface area contributed by atoms with Crippen molar-refractivity contribution in [2.45, 2.75) is 23.5 Å². The van der Waals surface area contributed by atoms with Gasteiger partial charge >= 0.3 is 0 Å². The van der Waals surface area contributed by atoms with E-state index in [-0.39, 0.29) is 4.90 Å². The third-order valence-corrected chi connectivity index (χ3v) is 4.85. The van der Waals surface area contributed by atoms with E-state index >= 15 is 0 Å². The van der Waals surface area contributed by atoms with E-state index in [2.05, 4.69) is 15.9 Å². The predicted octanol–water partition coefficient (Wildman–Crippen LogP) is 2.52. The second kappa shape index (κ2) is 3.95. The maximum Gasteiger partial charge on any atom is 0.196 e. The van der Waals surface area contributed by atoms with Gasteiger partial charge in [0.25, 0.3) is 0 Å². The van der Waals surface area contributed by atoms with E-state index in [9.17, 15) is 8.42 Å². The molecule has 1 rings (SSSR count). The summed E-state index contributed by atoms with van der Waals surface area (Å²) in [6.45, 7) is 2.78. The van der Waals surface area contributed by atoms with Crippen molar-refractivity contribution in [3.05, 3.63) is 28.7 Å². The lowest BCUT2D eigenvalue weighted by molar-refractivity contribution is 0.574. The number of hydrogen-bond acceptors (Lipinski definition) is 3. The molecule has 0 saturated carbocycles. The van der Waals surface area contributed by atoms with Gasteiger partial charge in [0.15, 0.2) is 14.6 Å². The number of halogens is 1. The van der Waals surface area contributed by atoms with Crippen LogP contribution in [0.1, 0.15) is 13.8 Å². The average Bonchev–Trinajstić information content (AvgIpc) is 2.17. The summed E-state index contributed by atoms with van der Waals surface area (Å²) in [6.07, 6.45) is 0. The van der Waals surface area contributed by atoms with Crippen LogP contribution in [0.25, 0.3) is 0 Å². The molecule has 0 bridgehead atoms. The van der Waals surface area contributed by atoms with Crippen molar-refractivity contribution in [3.63, 3.8) is 0 Å². The Bertz CT molecular complexity index is 514. The van der Waals surface area contributed by atoms with Crippen molar-refractivity contribution in [2.24, 2.45) is 0 Å². The van der Waals surface area contributed by atoms with Gasteiger partial charge in [-0.2, -0.15) is 5.26 Å². The molecule has 5 heteroatoms. The van der Waals surface area contributed by atoms with Crippen molar-refractivity contribution in [2.75, 3.05) is 0 Å². The Morgan fingerprint density at radius 3 is 2.47 bits per heavy atom. The van der Waals surface area contributed by atoms with Gasteiger partial charge < -0.3 is 0 Å². The Kier molecular flexibility index (Phi) is 3.22. The SMILES string of the molecule is CC(C)(C#N)S(=O)(=O)c1cccc(Br)c1. The summed E-state index contributed by atoms with van der Waals surface area (Å²) in [7, 11) is -3.60. The molecule has 3 nitrogen and oxygen atoms in total. The van der Waals surface area contributed by atoms with E-state index in [0.717, 1.165) is 0 Å². The highest BCUT2D eigenvalue weighted by molar-refractivity contribution is 9.10. The normalized spacial score (nSPS) is 12.1. The highest BCUT2D eigenvalue weighted by Crippen LogP contribution is 2.26. The molecule has 0 fully saturated rings. The van der Waals surface area contributed by atoms with Gasteiger partial charge in [0, 0.05) is 4.47 Å². The summed E-state index contributed by atoms with van der Waals surface area (Å²) in [5.74, 6) is 0. The van der Waals surface area contributed by atoms with E-state index in [4.69, 9.17) is 5.26 Å². The first-order chi connectivity index (χ1) is 6.81. The zero-order valence-electron chi connectivity index (χ0n) is 8.36. The van der Waals surface area contributed by atoms with Gasteiger partial charge in [-0.25, -0.2) is 8.42 Å². The van der Waals surface area contributed by atoms with Gasteiger partial charge in [-0.3, -0.25) is 0 Å². The van der Waals surface area contributed by atoms with Gasteiger partial charge in [-0.1, -0.05) is 22.0 Å². The van der Waals surface area contributed by atoms with Crippen molar-refractivity contribution in [3.8, 4) is 6.07 Å². The van der Waals surface area contributed by atoms with Crippen molar-refractivity contribution < 1.29 is 8.42 Å². The molecule has 1 aromatic rings. The highest BCUT2D eigenvalue weighted by atomic mass is 79.9. The third kappa shape index (κ3) is 2.21. The molecule has 0 aliphatic heterocycles. The van der Waals surface area contributed by atoms with Crippen LogP contribution in [0, 0.1) is 11.3 Å². The number of nitriles is 1. The van der Waals surface area contributed by atoms with E-state index < -0.39 is 14.6 Å². The molecule has 0 radical (unpaired) electrons.